The van der Waals surface area contributed by atoms with Crippen molar-refractivity contribution in [2.24, 2.45) is 5.84 Å². The van der Waals surface area contributed by atoms with Crippen LogP contribution in [0.1, 0.15) is 10.4 Å². The second-order valence-electron chi connectivity index (χ2n) is 7.87. The van der Waals surface area contributed by atoms with Gasteiger partial charge in [-0.25, -0.2) is 15.2 Å². The maximum absolute atomic E-state index is 14.4. The van der Waals surface area contributed by atoms with E-state index in [9.17, 15) is 9.18 Å². The van der Waals surface area contributed by atoms with Crippen molar-refractivity contribution >= 4 is 34.7 Å². The number of hydrogen-bond acceptors (Lipinski definition) is 9. The van der Waals surface area contributed by atoms with E-state index in [1.54, 1.807) is 31.4 Å². The molecule has 0 spiro atoms. The molecule has 5 N–H and O–H groups in total. The highest BCUT2D eigenvalue weighted by Crippen LogP contribution is 2.32. The van der Waals surface area contributed by atoms with Gasteiger partial charge in [-0.2, -0.15) is 4.98 Å². The van der Waals surface area contributed by atoms with Crippen molar-refractivity contribution in [2.75, 3.05) is 55.9 Å². The number of carbonyl (C=O) groups is 1. The molecular weight excluding hydrogens is 439 g/mol. The predicted molar refractivity (Wildman–Crippen MR) is 129 cm³/mol. The van der Waals surface area contributed by atoms with Crippen molar-refractivity contribution in [2.45, 2.75) is 0 Å². The van der Waals surface area contributed by atoms with Gasteiger partial charge in [0.25, 0.3) is 5.91 Å². The molecule has 1 fully saturated rings. The van der Waals surface area contributed by atoms with E-state index in [2.05, 4.69) is 42.9 Å². The van der Waals surface area contributed by atoms with Crippen LogP contribution in [-0.4, -0.2) is 61.1 Å². The quantitative estimate of drug-likeness (QED) is 0.236. The predicted octanol–water partition coefficient (Wildman–Crippen LogP) is 2.47. The number of nitrogens with two attached hydrogens (primary N) is 1. The van der Waals surface area contributed by atoms with E-state index in [1.807, 2.05) is 18.2 Å². The molecule has 0 radical (unpaired) electrons. The van der Waals surface area contributed by atoms with Gasteiger partial charge in [0.2, 0.25) is 5.95 Å². The van der Waals surface area contributed by atoms with Crippen molar-refractivity contribution in [1.82, 2.24) is 20.3 Å². The first-order valence-electron chi connectivity index (χ1n) is 10.8. The lowest BCUT2D eigenvalue weighted by molar-refractivity contribution is 0.0953. The van der Waals surface area contributed by atoms with Crippen LogP contribution in [0.3, 0.4) is 0 Å². The summed E-state index contributed by atoms with van der Waals surface area (Å²) >= 11 is 0. The first-order valence-corrected chi connectivity index (χ1v) is 10.8. The Morgan fingerprint density at radius 3 is 2.50 bits per heavy atom. The Morgan fingerprint density at radius 1 is 1.09 bits per heavy atom. The molecule has 0 bridgehead atoms. The Bertz CT molecular complexity index is 1150. The number of piperazine rings is 1. The van der Waals surface area contributed by atoms with E-state index in [-0.39, 0.29) is 11.8 Å². The standard InChI is InChI=1S/C23H27FN8O2/c1-31-9-11-32(12-10-31)17-7-8-19(20(13-17)34-2)28-23-26-14-18(24)21(29-23)27-16-5-3-15(4-6-16)22(33)30-25/h3-8,13-14H,9-12,25H2,1-2H3,(H,30,33)(H2,26,27,28,29). The number of hydrogen-bond donors (Lipinski definition) is 4. The highest BCUT2D eigenvalue weighted by atomic mass is 19.1. The molecule has 1 aliphatic rings. The van der Waals surface area contributed by atoms with E-state index >= 15 is 0 Å². The number of hydrazine groups is 1. The number of nitrogens with zero attached hydrogens (tertiary/aromatic N) is 4. The summed E-state index contributed by atoms with van der Waals surface area (Å²) in [7, 11) is 3.72. The van der Waals surface area contributed by atoms with Crippen LogP contribution in [0.15, 0.2) is 48.7 Å². The van der Waals surface area contributed by atoms with Crippen molar-refractivity contribution in [3.05, 3.63) is 60.0 Å². The van der Waals surface area contributed by atoms with Crippen molar-refractivity contribution in [3.63, 3.8) is 0 Å². The van der Waals surface area contributed by atoms with Gasteiger partial charge in [0.1, 0.15) is 5.75 Å². The number of halogens is 1. The van der Waals surface area contributed by atoms with Crippen LogP contribution in [0.4, 0.5) is 33.2 Å². The highest BCUT2D eigenvalue weighted by Gasteiger charge is 2.17. The zero-order valence-electron chi connectivity index (χ0n) is 19.0. The maximum atomic E-state index is 14.4. The van der Waals surface area contributed by atoms with Crippen LogP contribution in [0.5, 0.6) is 5.75 Å². The Hall–Kier alpha value is -3.96. The van der Waals surface area contributed by atoms with Gasteiger partial charge in [-0.3, -0.25) is 10.2 Å². The van der Waals surface area contributed by atoms with Crippen molar-refractivity contribution < 1.29 is 13.9 Å². The molecule has 0 unspecified atom stereocenters. The van der Waals surface area contributed by atoms with E-state index in [1.165, 1.54) is 0 Å². The third-order valence-electron chi connectivity index (χ3n) is 5.59. The molecule has 1 aliphatic heterocycles. The second-order valence-corrected chi connectivity index (χ2v) is 7.87. The Morgan fingerprint density at radius 2 is 1.82 bits per heavy atom. The maximum Gasteiger partial charge on any atom is 0.265 e. The van der Waals surface area contributed by atoms with Crippen LogP contribution in [0.25, 0.3) is 0 Å². The first-order chi connectivity index (χ1) is 16.5. The summed E-state index contributed by atoms with van der Waals surface area (Å²) in [4.78, 5) is 24.5. The van der Waals surface area contributed by atoms with Crippen LogP contribution in [0, 0.1) is 5.82 Å². The SMILES string of the molecule is COc1cc(N2CCN(C)CC2)ccc1Nc1ncc(F)c(Nc2ccc(C(=O)NN)cc2)n1. The molecule has 2 heterocycles. The molecule has 1 aromatic heterocycles. The number of nitrogen functional groups attached to an aromatic ring is 1. The van der Waals surface area contributed by atoms with E-state index in [0.717, 1.165) is 38.1 Å². The van der Waals surface area contributed by atoms with Gasteiger partial charge < -0.3 is 25.2 Å². The fourth-order valence-electron chi connectivity index (χ4n) is 3.60. The average Bonchev–Trinajstić information content (AvgIpc) is 2.86. The third kappa shape index (κ3) is 5.33. The van der Waals surface area contributed by atoms with Gasteiger partial charge >= 0.3 is 0 Å². The number of amides is 1. The monoisotopic (exact) mass is 466 g/mol. The molecule has 0 saturated carbocycles. The van der Waals surface area contributed by atoms with Crippen LogP contribution >= 0.6 is 0 Å². The Kier molecular flexibility index (Phi) is 7.04. The van der Waals surface area contributed by atoms with Gasteiger partial charge in [0, 0.05) is 49.2 Å². The fraction of sp³-hybridized carbons (Fsp3) is 0.261. The molecule has 34 heavy (non-hydrogen) atoms. The third-order valence-corrected chi connectivity index (χ3v) is 5.59. The number of benzene rings is 2. The van der Waals surface area contributed by atoms with Gasteiger partial charge in [-0.15, -0.1) is 0 Å². The summed E-state index contributed by atoms with van der Waals surface area (Å²) in [6.07, 6.45) is 1.08. The lowest BCUT2D eigenvalue weighted by atomic mass is 10.2. The summed E-state index contributed by atoms with van der Waals surface area (Å²) < 4.78 is 19.9. The minimum absolute atomic E-state index is 0.0125. The molecule has 0 atom stereocenters. The molecule has 3 aromatic rings. The van der Waals surface area contributed by atoms with Crippen LogP contribution < -0.4 is 31.5 Å². The van der Waals surface area contributed by atoms with E-state index < -0.39 is 11.7 Å². The molecule has 0 aliphatic carbocycles. The summed E-state index contributed by atoms with van der Waals surface area (Å²) in [5, 5.41) is 5.99. The zero-order chi connectivity index (χ0) is 24.1. The lowest BCUT2D eigenvalue weighted by Gasteiger charge is -2.34. The molecule has 178 valence electrons. The average molecular weight is 467 g/mol. The topological polar surface area (TPSA) is 121 Å². The molecule has 1 amide bonds. The Balaban J connectivity index is 1.50. The zero-order valence-corrected chi connectivity index (χ0v) is 19.0. The second kappa shape index (κ2) is 10.3. The summed E-state index contributed by atoms with van der Waals surface area (Å²) in [6.45, 7) is 3.90. The highest BCUT2D eigenvalue weighted by molar-refractivity contribution is 5.94. The molecule has 10 nitrogen and oxygen atoms in total. The van der Waals surface area contributed by atoms with E-state index in [0.29, 0.717) is 22.7 Å². The number of rotatable bonds is 7. The normalized spacial score (nSPS) is 13.9. The number of likely N-dealkylation sites (N-methyl/N-ethyl adjacent to an activating group) is 1. The Labute approximate surface area is 196 Å². The number of anilines is 5. The summed E-state index contributed by atoms with van der Waals surface area (Å²) in [6, 6.07) is 12.3. The number of methoxy groups -OCH3 is 1. The minimum Gasteiger partial charge on any atom is -0.494 e. The number of nitrogens with one attached hydrogen (secondary N) is 3. The molecular formula is C23H27FN8O2. The lowest BCUT2D eigenvalue weighted by Crippen LogP contribution is -2.44. The van der Waals surface area contributed by atoms with Crippen molar-refractivity contribution in [1.29, 1.82) is 0 Å². The molecule has 4 rings (SSSR count). The largest absolute Gasteiger partial charge is 0.494 e. The van der Waals surface area contributed by atoms with Crippen LogP contribution in [0.2, 0.25) is 0 Å². The minimum atomic E-state index is -0.619. The molecule has 2 aromatic carbocycles. The number of aromatic nitrogens is 2. The summed E-state index contributed by atoms with van der Waals surface area (Å²) in [5.74, 6) is 4.92. The number of ether oxygens (including phenoxy) is 1. The van der Waals surface area contributed by atoms with Gasteiger partial charge in [0.05, 0.1) is 19.0 Å². The smallest absolute Gasteiger partial charge is 0.265 e. The molecule has 1 saturated heterocycles. The number of carbonyl (C=O) groups excluding carboxylic acids is 1. The van der Waals surface area contributed by atoms with Gasteiger partial charge in [-0.05, 0) is 43.4 Å². The van der Waals surface area contributed by atoms with Crippen molar-refractivity contribution in [3.8, 4) is 5.75 Å². The molecule has 11 heteroatoms. The van der Waals surface area contributed by atoms with Crippen LogP contribution in [-0.2, 0) is 0 Å². The first kappa shape index (κ1) is 23.2. The summed E-state index contributed by atoms with van der Waals surface area (Å²) in [5.41, 5.74) is 4.72. The van der Waals surface area contributed by atoms with Gasteiger partial charge in [-0.1, -0.05) is 0 Å². The van der Waals surface area contributed by atoms with E-state index in [4.69, 9.17) is 10.6 Å². The van der Waals surface area contributed by atoms with Gasteiger partial charge in [0.15, 0.2) is 11.6 Å². The fourth-order valence-corrected chi connectivity index (χ4v) is 3.60.